The van der Waals surface area contributed by atoms with Crippen LogP contribution in [-0.4, -0.2) is 43.8 Å². The van der Waals surface area contributed by atoms with E-state index in [1.807, 2.05) is 0 Å². The number of carbonyl (C=O) groups excluding carboxylic acids is 2. The van der Waals surface area contributed by atoms with Gasteiger partial charge in [-0.2, -0.15) is 0 Å². The SMILES string of the molecule is COC(=O)COC(=O)N1CCC1. The van der Waals surface area contributed by atoms with E-state index >= 15 is 0 Å². The Labute approximate surface area is 70.2 Å². The number of hydrogen-bond donors (Lipinski definition) is 0. The molecule has 5 nitrogen and oxygen atoms in total. The van der Waals surface area contributed by atoms with Gasteiger partial charge in [-0.15, -0.1) is 0 Å². The fourth-order valence-electron chi connectivity index (χ4n) is 0.770. The second-order valence-electron chi connectivity index (χ2n) is 2.47. The van der Waals surface area contributed by atoms with E-state index in [2.05, 4.69) is 9.47 Å². The van der Waals surface area contributed by atoms with Crippen molar-refractivity contribution in [3.63, 3.8) is 0 Å². The van der Waals surface area contributed by atoms with Gasteiger partial charge in [0.25, 0.3) is 0 Å². The van der Waals surface area contributed by atoms with E-state index in [1.165, 1.54) is 12.0 Å². The molecule has 1 amide bonds. The Morgan fingerprint density at radius 1 is 1.42 bits per heavy atom. The summed E-state index contributed by atoms with van der Waals surface area (Å²) in [6, 6.07) is 0. The van der Waals surface area contributed by atoms with Crippen LogP contribution in [0.3, 0.4) is 0 Å². The number of esters is 1. The van der Waals surface area contributed by atoms with Crippen LogP contribution in [0.4, 0.5) is 4.79 Å². The number of methoxy groups -OCH3 is 1. The summed E-state index contributed by atoms with van der Waals surface area (Å²) in [5.74, 6) is -0.538. The molecule has 12 heavy (non-hydrogen) atoms. The lowest BCUT2D eigenvalue weighted by Gasteiger charge is -2.29. The molecule has 0 spiro atoms. The lowest BCUT2D eigenvalue weighted by atomic mass is 10.2. The number of likely N-dealkylation sites (tertiary alicyclic amines) is 1. The molecule has 1 aliphatic rings. The summed E-state index contributed by atoms with van der Waals surface area (Å²) in [5.41, 5.74) is 0. The van der Waals surface area contributed by atoms with Gasteiger partial charge in [0.15, 0.2) is 6.61 Å². The predicted octanol–water partition coefficient (Wildman–Crippen LogP) is 0.00170. The van der Waals surface area contributed by atoms with E-state index in [0.29, 0.717) is 0 Å². The number of amides is 1. The predicted molar refractivity (Wildman–Crippen MR) is 39.6 cm³/mol. The molecule has 0 bridgehead atoms. The molecule has 0 atom stereocenters. The molecule has 1 heterocycles. The lowest BCUT2D eigenvalue weighted by Crippen LogP contribution is -2.42. The monoisotopic (exact) mass is 173 g/mol. The highest BCUT2D eigenvalue weighted by Gasteiger charge is 2.21. The number of nitrogens with zero attached hydrogens (tertiary/aromatic N) is 1. The van der Waals surface area contributed by atoms with Gasteiger partial charge in [-0.1, -0.05) is 0 Å². The number of rotatable bonds is 2. The Morgan fingerprint density at radius 2 is 2.08 bits per heavy atom. The van der Waals surface area contributed by atoms with E-state index in [-0.39, 0.29) is 6.61 Å². The van der Waals surface area contributed by atoms with Crippen molar-refractivity contribution < 1.29 is 19.1 Å². The van der Waals surface area contributed by atoms with Crippen LogP contribution in [0, 0.1) is 0 Å². The maximum absolute atomic E-state index is 10.9. The molecule has 0 N–H and O–H groups in total. The summed E-state index contributed by atoms with van der Waals surface area (Å²) in [4.78, 5) is 23.0. The average Bonchev–Trinajstić information content (AvgIpc) is 1.97. The summed E-state index contributed by atoms with van der Waals surface area (Å²) >= 11 is 0. The van der Waals surface area contributed by atoms with Gasteiger partial charge in [0.2, 0.25) is 0 Å². The molecule has 0 aromatic heterocycles. The second kappa shape index (κ2) is 3.94. The van der Waals surface area contributed by atoms with Gasteiger partial charge < -0.3 is 14.4 Å². The summed E-state index contributed by atoms with van der Waals surface area (Å²) < 4.78 is 8.91. The molecule has 1 aliphatic heterocycles. The van der Waals surface area contributed by atoms with Crippen LogP contribution in [0.15, 0.2) is 0 Å². The standard InChI is InChI=1S/C7H11NO4/c1-11-6(9)5-12-7(10)8-3-2-4-8/h2-5H2,1H3. The third-order valence-electron chi connectivity index (χ3n) is 1.66. The average molecular weight is 173 g/mol. The van der Waals surface area contributed by atoms with Gasteiger partial charge in [-0.05, 0) is 6.42 Å². The molecule has 68 valence electrons. The zero-order chi connectivity index (χ0) is 8.97. The second-order valence-corrected chi connectivity index (χ2v) is 2.47. The first-order valence-electron chi connectivity index (χ1n) is 3.72. The van der Waals surface area contributed by atoms with Crippen molar-refractivity contribution in [1.29, 1.82) is 0 Å². The number of hydrogen-bond acceptors (Lipinski definition) is 4. The Morgan fingerprint density at radius 3 is 2.50 bits per heavy atom. The zero-order valence-corrected chi connectivity index (χ0v) is 6.91. The van der Waals surface area contributed by atoms with Crippen LogP contribution >= 0.6 is 0 Å². The summed E-state index contributed by atoms with van der Waals surface area (Å²) in [5, 5.41) is 0. The summed E-state index contributed by atoms with van der Waals surface area (Å²) in [6.45, 7) is 1.14. The normalized spacial score (nSPS) is 14.9. The fourth-order valence-corrected chi connectivity index (χ4v) is 0.770. The van der Waals surface area contributed by atoms with Gasteiger partial charge in [-0.25, -0.2) is 9.59 Å². The van der Waals surface area contributed by atoms with Crippen molar-refractivity contribution in [1.82, 2.24) is 4.90 Å². The highest BCUT2D eigenvalue weighted by atomic mass is 16.6. The minimum atomic E-state index is -0.538. The molecule has 0 aromatic rings. The third-order valence-corrected chi connectivity index (χ3v) is 1.66. The molecule has 0 aromatic carbocycles. The first-order valence-corrected chi connectivity index (χ1v) is 3.72. The van der Waals surface area contributed by atoms with Crippen molar-refractivity contribution in [2.24, 2.45) is 0 Å². The minimum Gasteiger partial charge on any atom is -0.466 e. The Balaban J connectivity index is 2.13. The largest absolute Gasteiger partial charge is 0.466 e. The fraction of sp³-hybridized carbons (Fsp3) is 0.714. The van der Waals surface area contributed by atoms with Crippen LogP contribution in [0.2, 0.25) is 0 Å². The van der Waals surface area contributed by atoms with Crippen LogP contribution < -0.4 is 0 Å². The molecular formula is C7H11NO4. The zero-order valence-electron chi connectivity index (χ0n) is 6.91. The summed E-state index contributed by atoms with van der Waals surface area (Å²) in [6.07, 6.45) is 0.569. The number of carbonyl (C=O) groups is 2. The smallest absolute Gasteiger partial charge is 0.410 e. The highest BCUT2D eigenvalue weighted by Crippen LogP contribution is 2.06. The van der Waals surface area contributed by atoms with Crippen molar-refractivity contribution in [2.75, 3.05) is 26.8 Å². The van der Waals surface area contributed by atoms with E-state index in [4.69, 9.17) is 0 Å². The van der Waals surface area contributed by atoms with Gasteiger partial charge in [-0.3, -0.25) is 0 Å². The Kier molecular flexibility index (Phi) is 2.90. The first-order chi connectivity index (χ1) is 5.74. The Bertz CT molecular complexity index is 188. The van der Waals surface area contributed by atoms with Crippen molar-refractivity contribution in [3.05, 3.63) is 0 Å². The van der Waals surface area contributed by atoms with Gasteiger partial charge in [0.05, 0.1) is 7.11 Å². The molecule has 0 radical (unpaired) electrons. The van der Waals surface area contributed by atoms with Crippen LogP contribution in [0.5, 0.6) is 0 Å². The van der Waals surface area contributed by atoms with E-state index < -0.39 is 12.1 Å². The molecule has 0 aliphatic carbocycles. The van der Waals surface area contributed by atoms with E-state index in [1.54, 1.807) is 0 Å². The first kappa shape index (κ1) is 8.83. The molecule has 5 heteroatoms. The molecule has 0 unspecified atom stereocenters. The topological polar surface area (TPSA) is 55.8 Å². The Hall–Kier alpha value is -1.26. The van der Waals surface area contributed by atoms with Gasteiger partial charge in [0.1, 0.15) is 0 Å². The van der Waals surface area contributed by atoms with E-state index in [0.717, 1.165) is 19.5 Å². The van der Waals surface area contributed by atoms with Crippen LogP contribution in [0.25, 0.3) is 0 Å². The molecule has 0 saturated carbocycles. The van der Waals surface area contributed by atoms with Crippen molar-refractivity contribution in [2.45, 2.75) is 6.42 Å². The van der Waals surface area contributed by atoms with Crippen LogP contribution in [-0.2, 0) is 14.3 Å². The number of ether oxygens (including phenoxy) is 2. The maximum Gasteiger partial charge on any atom is 0.410 e. The van der Waals surface area contributed by atoms with Crippen molar-refractivity contribution in [3.8, 4) is 0 Å². The van der Waals surface area contributed by atoms with Gasteiger partial charge >= 0.3 is 12.1 Å². The van der Waals surface area contributed by atoms with Crippen molar-refractivity contribution >= 4 is 12.1 Å². The van der Waals surface area contributed by atoms with Gasteiger partial charge in [0, 0.05) is 13.1 Å². The highest BCUT2D eigenvalue weighted by molar-refractivity contribution is 5.75. The third kappa shape index (κ3) is 2.11. The lowest BCUT2D eigenvalue weighted by molar-refractivity contribution is -0.144. The van der Waals surface area contributed by atoms with E-state index in [9.17, 15) is 9.59 Å². The molecule has 1 rings (SSSR count). The van der Waals surface area contributed by atoms with Crippen LogP contribution in [0.1, 0.15) is 6.42 Å². The molecular weight excluding hydrogens is 162 g/mol. The summed E-state index contributed by atoms with van der Waals surface area (Å²) in [7, 11) is 1.25. The molecule has 1 saturated heterocycles. The quantitative estimate of drug-likeness (QED) is 0.551. The molecule has 1 fully saturated rings. The minimum absolute atomic E-state index is 0.300. The maximum atomic E-state index is 10.9.